The zero-order valence-corrected chi connectivity index (χ0v) is 10.2. The first-order valence-electron chi connectivity index (χ1n) is 6.82. The van der Waals surface area contributed by atoms with Crippen LogP contribution in [-0.4, -0.2) is 18.3 Å². The van der Waals surface area contributed by atoms with E-state index < -0.39 is 0 Å². The van der Waals surface area contributed by atoms with Gasteiger partial charge in [0, 0.05) is 5.92 Å². The van der Waals surface area contributed by atoms with Crippen LogP contribution in [0.15, 0.2) is 11.8 Å². The Morgan fingerprint density at radius 2 is 2.12 bits per heavy atom. The molecule has 2 aliphatic heterocycles. The van der Waals surface area contributed by atoms with Crippen molar-refractivity contribution in [1.29, 1.82) is 0 Å². The Hall–Kier alpha value is -0.500. The minimum atomic E-state index is 0.336. The molecule has 3 rings (SSSR count). The molecule has 0 aromatic rings. The molecule has 0 aromatic heterocycles. The predicted octanol–water partition coefficient (Wildman–Crippen LogP) is 3.42. The first-order chi connectivity index (χ1) is 7.83. The first kappa shape index (κ1) is 10.6. The van der Waals surface area contributed by atoms with E-state index in [4.69, 9.17) is 9.47 Å². The molecule has 4 unspecified atom stereocenters. The summed E-state index contributed by atoms with van der Waals surface area (Å²) in [7, 11) is 0. The van der Waals surface area contributed by atoms with Crippen molar-refractivity contribution in [2.75, 3.05) is 0 Å². The molecule has 2 heteroatoms. The van der Waals surface area contributed by atoms with Crippen molar-refractivity contribution >= 4 is 0 Å². The molecule has 16 heavy (non-hydrogen) atoms. The van der Waals surface area contributed by atoms with Gasteiger partial charge in [-0.25, -0.2) is 0 Å². The summed E-state index contributed by atoms with van der Waals surface area (Å²) in [5, 5.41) is 0. The summed E-state index contributed by atoms with van der Waals surface area (Å²) in [6.45, 7) is 2.21. The number of hydrogen-bond acceptors (Lipinski definition) is 2. The van der Waals surface area contributed by atoms with Gasteiger partial charge in [-0.05, 0) is 57.4 Å². The molecule has 0 aromatic carbocycles. The van der Waals surface area contributed by atoms with Crippen LogP contribution in [0.1, 0.15) is 51.9 Å². The van der Waals surface area contributed by atoms with Crippen molar-refractivity contribution in [3.8, 4) is 0 Å². The lowest BCUT2D eigenvalue weighted by Gasteiger charge is -2.24. The molecule has 2 bridgehead atoms. The fourth-order valence-corrected chi connectivity index (χ4v) is 3.42. The molecular weight excluding hydrogens is 200 g/mol. The van der Waals surface area contributed by atoms with Crippen molar-refractivity contribution < 1.29 is 9.47 Å². The van der Waals surface area contributed by atoms with Gasteiger partial charge < -0.3 is 9.47 Å². The number of rotatable bonds is 3. The van der Waals surface area contributed by atoms with Crippen LogP contribution in [0.4, 0.5) is 0 Å². The zero-order chi connectivity index (χ0) is 11.0. The summed E-state index contributed by atoms with van der Waals surface area (Å²) in [5.74, 6) is 0.636. The van der Waals surface area contributed by atoms with Crippen LogP contribution in [0, 0.1) is 5.92 Å². The van der Waals surface area contributed by atoms with E-state index in [0.29, 0.717) is 24.2 Å². The Kier molecular flexibility index (Phi) is 2.93. The van der Waals surface area contributed by atoms with Crippen LogP contribution in [0.25, 0.3) is 0 Å². The highest BCUT2D eigenvalue weighted by molar-refractivity contribution is 5.03. The van der Waals surface area contributed by atoms with Gasteiger partial charge >= 0.3 is 0 Å². The molecule has 4 atom stereocenters. The molecule has 1 saturated carbocycles. The van der Waals surface area contributed by atoms with Crippen molar-refractivity contribution in [3.05, 3.63) is 11.8 Å². The van der Waals surface area contributed by atoms with E-state index in [-0.39, 0.29) is 0 Å². The van der Waals surface area contributed by atoms with E-state index in [2.05, 4.69) is 6.92 Å². The number of hydrogen-bond donors (Lipinski definition) is 0. The predicted molar refractivity (Wildman–Crippen MR) is 63.1 cm³/mol. The first-order valence-corrected chi connectivity index (χ1v) is 6.82. The Morgan fingerprint density at radius 3 is 2.75 bits per heavy atom. The highest BCUT2D eigenvalue weighted by Gasteiger charge is 2.43. The smallest absolute Gasteiger partial charge is 0.100 e. The summed E-state index contributed by atoms with van der Waals surface area (Å²) in [5.41, 5.74) is 1.51. The monoisotopic (exact) mass is 222 g/mol. The Morgan fingerprint density at radius 1 is 1.31 bits per heavy atom. The lowest BCUT2D eigenvalue weighted by atomic mass is 9.86. The van der Waals surface area contributed by atoms with Crippen molar-refractivity contribution in [3.63, 3.8) is 0 Å². The second-order valence-electron chi connectivity index (χ2n) is 5.60. The zero-order valence-electron chi connectivity index (χ0n) is 10.2. The highest BCUT2D eigenvalue weighted by atomic mass is 16.5. The summed E-state index contributed by atoms with van der Waals surface area (Å²) in [4.78, 5) is 0. The Balaban J connectivity index is 1.53. The van der Waals surface area contributed by atoms with Gasteiger partial charge in [0.05, 0.1) is 18.5 Å². The largest absolute Gasteiger partial charge is 0.498 e. The van der Waals surface area contributed by atoms with E-state index in [9.17, 15) is 0 Å². The van der Waals surface area contributed by atoms with Gasteiger partial charge in [0.2, 0.25) is 0 Å². The molecule has 0 spiro atoms. The Bertz CT molecular complexity index is 276. The minimum Gasteiger partial charge on any atom is -0.498 e. The van der Waals surface area contributed by atoms with E-state index in [1.807, 2.05) is 6.26 Å². The second-order valence-corrected chi connectivity index (χ2v) is 5.60. The SMILES string of the molecule is CC(OC=C1CCCC1)C1CC2CCC1O2. The Labute approximate surface area is 98.0 Å². The van der Waals surface area contributed by atoms with E-state index in [1.165, 1.54) is 50.5 Å². The van der Waals surface area contributed by atoms with Crippen LogP contribution in [0.5, 0.6) is 0 Å². The van der Waals surface area contributed by atoms with E-state index in [0.717, 1.165) is 0 Å². The van der Waals surface area contributed by atoms with Crippen LogP contribution in [0.2, 0.25) is 0 Å². The fourth-order valence-electron chi connectivity index (χ4n) is 3.42. The average Bonchev–Trinajstić information content (AvgIpc) is 3.01. The van der Waals surface area contributed by atoms with Crippen molar-refractivity contribution in [2.24, 2.45) is 5.92 Å². The van der Waals surface area contributed by atoms with Gasteiger partial charge in [0.1, 0.15) is 6.10 Å². The van der Waals surface area contributed by atoms with Crippen LogP contribution < -0.4 is 0 Å². The average molecular weight is 222 g/mol. The van der Waals surface area contributed by atoms with Gasteiger partial charge in [-0.3, -0.25) is 0 Å². The molecule has 2 nitrogen and oxygen atoms in total. The quantitative estimate of drug-likeness (QED) is 0.681. The summed E-state index contributed by atoms with van der Waals surface area (Å²) < 4.78 is 11.8. The molecule has 2 saturated heterocycles. The summed E-state index contributed by atoms with van der Waals surface area (Å²) >= 11 is 0. The van der Waals surface area contributed by atoms with Crippen LogP contribution in [0.3, 0.4) is 0 Å². The van der Waals surface area contributed by atoms with Gasteiger partial charge in [0.15, 0.2) is 0 Å². The molecular formula is C14H22O2. The topological polar surface area (TPSA) is 18.5 Å². The normalized spacial score (nSPS) is 39.1. The fraction of sp³-hybridized carbons (Fsp3) is 0.857. The van der Waals surface area contributed by atoms with Crippen molar-refractivity contribution in [1.82, 2.24) is 0 Å². The second kappa shape index (κ2) is 4.40. The molecule has 90 valence electrons. The third kappa shape index (κ3) is 2.00. The molecule has 3 fully saturated rings. The molecule has 1 aliphatic carbocycles. The third-order valence-corrected chi connectivity index (χ3v) is 4.45. The van der Waals surface area contributed by atoms with Gasteiger partial charge in [-0.1, -0.05) is 0 Å². The van der Waals surface area contributed by atoms with Gasteiger partial charge in [-0.15, -0.1) is 0 Å². The molecule has 3 aliphatic rings. The number of fused-ring (bicyclic) bond motifs is 2. The standard InChI is InChI=1S/C14H22O2/c1-10(15-9-11-4-2-3-5-11)13-8-12-6-7-14(13)16-12/h9-10,12-14H,2-8H2,1H3. The molecule has 2 heterocycles. The maximum Gasteiger partial charge on any atom is 0.100 e. The number of allylic oxidation sites excluding steroid dienone is 1. The van der Waals surface area contributed by atoms with Gasteiger partial charge in [0.25, 0.3) is 0 Å². The van der Waals surface area contributed by atoms with E-state index in [1.54, 1.807) is 0 Å². The molecule has 0 amide bonds. The van der Waals surface area contributed by atoms with Crippen LogP contribution >= 0.6 is 0 Å². The third-order valence-electron chi connectivity index (χ3n) is 4.45. The van der Waals surface area contributed by atoms with Crippen molar-refractivity contribution in [2.45, 2.75) is 70.2 Å². The van der Waals surface area contributed by atoms with Gasteiger partial charge in [-0.2, -0.15) is 0 Å². The maximum atomic E-state index is 5.92. The number of ether oxygens (including phenoxy) is 2. The summed E-state index contributed by atoms with van der Waals surface area (Å²) in [6.07, 6.45) is 12.3. The minimum absolute atomic E-state index is 0.336. The molecule has 0 N–H and O–H groups in total. The lowest BCUT2D eigenvalue weighted by molar-refractivity contribution is 0.0418. The van der Waals surface area contributed by atoms with E-state index >= 15 is 0 Å². The van der Waals surface area contributed by atoms with Crippen LogP contribution in [-0.2, 0) is 9.47 Å². The lowest BCUT2D eigenvalue weighted by Crippen LogP contribution is -2.28. The molecule has 0 radical (unpaired) electrons. The highest BCUT2D eigenvalue weighted by Crippen LogP contribution is 2.41. The summed E-state index contributed by atoms with van der Waals surface area (Å²) in [6, 6.07) is 0. The maximum absolute atomic E-state index is 5.92.